The molecule has 6 rings (SSSR count). The zero-order valence-electron chi connectivity index (χ0n) is 18.2. The van der Waals surface area contributed by atoms with E-state index in [-0.39, 0.29) is 0 Å². The molecule has 2 N–H and O–H groups in total. The monoisotopic (exact) mass is 427 g/mol. The van der Waals surface area contributed by atoms with Gasteiger partial charge in [0.25, 0.3) is 0 Å². The number of fused-ring (bicyclic) bond motifs is 2. The minimum atomic E-state index is 0.601. The first-order chi connectivity index (χ1) is 15.6. The van der Waals surface area contributed by atoms with E-state index in [1.54, 1.807) is 7.05 Å². The fraction of sp³-hybridized carbons (Fsp3) is 0.304. The first-order valence-electron chi connectivity index (χ1n) is 10.9. The number of H-pyrrole nitrogens is 2. The molecule has 0 amide bonds. The molecule has 9 heteroatoms. The van der Waals surface area contributed by atoms with Crippen LogP contribution in [0.15, 0.2) is 42.5 Å². The molecule has 2 aromatic carbocycles. The van der Waals surface area contributed by atoms with Gasteiger partial charge in [-0.05, 0) is 48.2 Å². The summed E-state index contributed by atoms with van der Waals surface area (Å²) >= 11 is 0. The smallest absolute Gasteiger partial charge is 0.204 e. The number of nitrogens with zero attached hydrogens (tertiary/aromatic N) is 7. The molecule has 0 spiro atoms. The summed E-state index contributed by atoms with van der Waals surface area (Å²) in [6.07, 6.45) is 0. The maximum Gasteiger partial charge on any atom is 0.204 e. The predicted molar refractivity (Wildman–Crippen MR) is 124 cm³/mol. The van der Waals surface area contributed by atoms with Crippen LogP contribution in [-0.4, -0.2) is 78.4 Å². The second kappa shape index (κ2) is 7.54. The molecule has 0 bridgehead atoms. The molecule has 0 saturated carbocycles. The zero-order chi connectivity index (χ0) is 21.7. The van der Waals surface area contributed by atoms with Crippen LogP contribution in [-0.2, 0) is 13.6 Å². The first kappa shape index (κ1) is 19.1. The number of piperazine rings is 1. The Morgan fingerprint density at radius 2 is 1.81 bits per heavy atom. The van der Waals surface area contributed by atoms with Crippen molar-refractivity contribution in [1.82, 2.24) is 45.2 Å². The molecule has 1 saturated heterocycles. The molecule has 0 aliphatic carbocycles. The Balaban J connectivity index is 1.29. The fourth-order valence-electron chi connectivity index (χ4n) is 4.44. The van der Waals surface area contributed by atoms with Crippen LogP contribution in [0.1, 0.15) is 5.56 Å². The van der Waals surface area contributed by atoms with Gasteiger partial charge in [-0.1, -0.05) is 12.1 Å². The van der Waals surface area contributed by atoms with Crippen LogP contribution in [0.25, 0.3) is 44.6 Å². The Morgan fingerprint density at radius 1 is 0.938 bits per heavy atom. The number of hydrogen-bond donors (Lipinski definition) is 2. The molecule has 0 unspecified atom stereocenters. The van der Waals surface area contributed by atoms with E-state index in [4.69, 9.17) is 0 Å². The SMILES string of the molecule is CN1CCN(Cc2ccc3[nH]c(-c4n[nH]c5cc(-c6nnn(C)n6)ccc45)cc3c2)CC1. The largest absolute Gasteiger partial charge is 0.353 e. The van der Waals surface area contributed by atoms with Gasteiger partial charge in [0.2, 0.25) is 5.82 Å². The second-order valence-electron chi connectivity index (χ2n) is 8.62. The van der Waals surface area contributed by atoms with Gasteiger partial charge in [0, 0.05) is 54.6 Å². The van der Waals surface area contributed by atoms with Gasteiger partial charge in [-0.2, -0.15) is 9.90 Å². The summed E-state index contributed by atoms with van der Waals surface area (Å²) < 4.78 is 0. The molecule has 4 heterocycles. The van der Waals surface area contributed by atoms with Gasteiger partial charge in [-0.3, -0.25) is 10.00 Å². The second-order valence-corrected chi connectivity index (χ2v) is 8.62. The number of aromatic amines is 2. The highest BCUT2D eigenvalue weighted by Gasteiger charge is 2.16. The summed E-state index contributed by atoms with van der Waals surface area (Å²) in [6.45, 7) is 5.51. The van der Waals surface area contributed by atoms with Crippen molar-refractivity contribution in [2.24, 2.45) is 7.05 Å². The lowest BCUT2D eigenvalue weighted by Crippen LogP contribution is -2.43. The van der Waals surface area contributed by atoms with Crippen molar-refractivity contribution in [3.05, 3.63) is 48.0 Å². The number of likely N-dealkylation sites (N-methyl/N-ethyl adjacent to an activating group) is 1. The molecule has 0 radical (unpaired) electrons. The van der Waals surface area contributed by atoms with Crippen LogP contribution in [0, 0.1) is 0 Å². The highest BCUT2D eigenvalue weighted by molar-refractivity contribution is 5.97. The predicted octanol–water partition coefficient (Wildman–Crippen LogP) is 2.65. The number of benzene rings is 2. The lowest BCUT2D eigenvalue weighted by molar-refractivity contribution is 0.148. The van der Waals surface area contributed by atoms with Crippen LogP contribution < -0.4 is 0 Å². The highest BCUT2D eigenvalue weighted by atomic mass is 15.6. The number of nitrogens with one attached hydrogen (secondary N) is 2. The Kier molecular flexibility index (Phi) is 4.51. The van der Waals surface area contributed by atoms with E-state index in [0.717, 1.165) is 66.1 Å². The third kappa shape index (κ3) is 3.45. The fourth-order valence-corrected chi connectivity index (χ4v) is 4.44. The average molecular weight is 428 g/mol. The van der Waals surface area contributed by atoms with Crippen molar-refractivity contribution >= 4 is 21.8 Å². The number of rotatable bonds is 4. The van der Waals surface area contributed by atoms with E-state index in [2.05, 4.69) is 77.8 Å². The number of aryl methyl sites for hydroxylation is 1. The summed E-state index contributed by atoms with van der Waals surface area (Å²) in [7, 11) is 3.95. The van der Waals surface area contributed by atoms with Gasteiger partial charge in [0.1, 0.15) is 5.69 Å². The normalized spacial score (nSPS) is 15.8. The maximum absolute atomic E-state index is 4.59. The van der Waals surface area contributed by atoms with E-state index in [9.17, 15) is 0 Å². The third-order valence-corrected chi connectivity index (χ3v) is 6.27. The van der Waals surface area contributed by atoms with Crippen LogP contribution in [0.5, 0.6) is 0 Å². The molecule has 1 aliphatic heterocycles. The third-order valence-electron chi connectivity index (χ3n) is 6.27. The standard InChI is InChI=1S/C23H25N9/c1-30-7-9-32(10-8-30)14-15-3-6-19-17(11-15)13-21(24-19)22-18-5-4-16(12-20(18)25-26-22)23-27-29-31(2)28-23/h3-6,11-13,24H,7-10,14H2,1-2H3,(H,25,26). The van der Waals surface area contributed by atoms with E-state index >= 15 is 0 Å². The number of aromatic nitrogens is 7. The quantitative estimate of drug-likeness (QED) is 0.458. The lowest BCUT2D eigenvalue weighted by Gasteiger charge is -2.32. The van der Waals surface area contributed by atoms with Crippen LogP contribution >= 0.6 is 0 Å². The van der Waals surface area contributed by atoms with E-state index < -0.39 is 0 Å². The molecular weight excluding hydrogens is 402 g/mol. The van der Waals surface area contributed by atoms with Gasteiger partial charge in [-0.15, -0.1) is 10.2 Å². The molecule has 9 nitrogen and oxygen atoms in total. The van der Waals surface area contributed by atoms with Crippen molar-refractivity contribution in [3.63, 3.8) is 0 Å². The van der Waals surface area contributed by atoms with Gasteiger partial charge in [0.15, 0.2) is 0 Å². The number of hydrogen-bond acceptors (Lipinski definition) is 6. The molecule has 3 aromatic heterocycles. The summed E-state index contributed by atoms with van der Waals surface area (Å²) in [5, 5.41) is 22.3. The Hall–Kier alpha value is -3.56. The Bertz CT molecular complexity index is 1400. The Labute approximate surface area is 185 Å². The molecule has 5 aromatic rings. The van der Waals surface area contributed by atoms with Gasteiger partial charge in [-0.25, -0.2) is 0 Å². The molecule has 0 atom stereocenters. The Morgan fingerprint density at radius 3 is 2.62 bits per heavy atom. The maximum atomic E-state index is 4.59. The van der Waals surface area contributed by atoms with Gasteiger partial charge in [0.05, 0.1) is 18.3 Å². The van der Waals surface area contributed by atoms with E-state index in [1.165, 1.54) is 15.7 Å². The van der Waals surface area contributed by atoms with Crippen molar-refractivity contribution < 1.29 is 0 Å². The first-order valence-corrected chi connectivity index (χ1v) is 10.9. The van der Waals surface area contributed by atoms with Gasteiger partial charge < -0.3 is 9.88 Å². The van der Waals surface area contributed by atoms with Crippen LogP contribution in [0.4, 0.5) is 0 Å². The van der Waals surface area contributed by atoms with Gasteiger partial charge >= 0.3 is 0 Å². The molecule has 162 valence electrons. The summed E-state index contributed by atoms with van der Waals surface area (Å²) in [5.74, 6) is 0.601. The zero-order valence-corrected chi connectivity index (χ0v) is 18.2. The van der Waals surface area contributed by atoms with Crippen molar-refractivity contribution in [2.75, 3.05) is 33.2 Å². The highest BCUT2D eigenvalue weighted by Crippen LogP contribution is 2.31. The van der Waals surface area contributed by atoms with Crippen LogP contribution in [0.2, 0.25) is 0 Å². The minimum Gasteiger partial charge on any atom is -0.353 e. The average Bonchev–Trinajstić information content (AvgIpc) is 3.52. The van der Waals surface area contributed by atoms with E-state index in [1.807, 2.05) is 12.1 Å². The van der Waals surface area contributed by atoms with Crippen molar-refractivity contribution in [2.45, 2.75) is 6.54 Å². The van der Waals surface area contributed by atoms with Crippen molar-refractivity contribution in [1.29, 1.82) is 0 Å². The summed E-state index contributed by atoms with van der Waals surface area (Å²) in [6, 6.07) is 15.0. The summed E-state index contributed by atoms with van der Waals surface area (Å²) in [5.41, 5.74) is 6.24. The van der Waals surface area contributed by atoms with E-state index in [0.29, 0.717) is 5.82 Å². The molecule has 1 fully saturated rings. The minimum absolute atomic E-state index is 0.601. The number of tetrazole rings is 1. The van der Waals surface area contributed by atoms with Crippen molar-refractivity contribution in [3.8, 4) is 22.8 Å². The lowest BCUT2D eigenvalue weighted by atomic mass is 10.1. The molecule has 32 heavy (non-hydrogen) atoms. The molecule has 1 aliphatic rings. The van der Waals surface area contributed by atoms with Crippen LogP contribution in [0.3, 0.4) is 0 Å². The topological polar surface area (TPSA) is 94.5 Å². The summed E-state index contributed by atoms with van der Waals surface area (Å²) in [4.78, 5) is 9.91. The molecular formula is C23H25N9.